The summed E-state index contributed by atoms with van der Waals surface area (Å²) in [4.78, 5) is 14.7. The van der Waals surface area contributed by atoms with Gasteiger partial charge in [0.05, 0.1) is 5.52 Å². The molecule has 114 valence electrons. The van der Waals surface area contributed by atoms with Crippen LogP contribution in [0.2, 0.25) is 0 Å². The molecule has 2 heterocycles. The number of nitrogens with zero attached hydrogens (tertiary/aromatic N) is 3. The van der Waals surface area contributed by atoms with E-state index in [-0.39, 0.29) is 5.41 Å². The summed E-state index contributed by atoms with van der Waals surface area (Å²) in [5.41, 5.74) is 8.13. The number of H-pyrrole nitrogens is 1. The molecule has 1 aliphatic carbocycles. The normalized spacial score (nSPS) is 18.0. The molecule has 0 bridgehead atoms. The van der Waals surface area contributed by atoms with Gasteiger partial charge in [0.2, 0.25) is 0 Å². The molecular formula is C16H25N5. The lowest BCUT2D eigenvalue weighted by Crippen LogP contribution is -2.35. The fourth-order valence-corrected chi connectivity index (χ4v) is 3.38. The smallest absolute Gasteiger partial charge is 0.179 e. The van der Waals surface area contributed by atoms with Gasteiger partial charge in [0, 0.05) is 20.5 Å². The lowest BCUT2D eigenvalue weighted by molar-refractivity contribution is 0.194. The molecule has 0 unspecified atom stereocenters. The van der Waals surface area contributed by atoms with Crippen molar-refractivity contribution in [2.24, 2.45) is 11.1 Å². The van der Waals surface area contributed by atoms with Gasteiger partial charge in [-0.15, -0.1) is 0 Å². The van der Waals surface area contributed by atoms with Crippen molar-refractivity contribution in [1.29, 1.82) is 0 Å². The monoisotopic (exact) mass is 287 g/mol. The second kappa shape index (κ2) is 5.64. The SMILES string of the molecule is CN(C)c1ccc2[nH]c(CC3(CN)CCCCC3)nc2n1. The zero-order chi connectivity index (χ0) is 14.9. The molecule has 5 nitrogen and oxygen atoms in total. The van der Waals surface area contributed by atoms with Gasteiger partial charge in [-0.3, -0.25) is 0 Å². The van der Waals surface area contributed by atoms with E-state index in [1.54, 1.807) is 0 Å². The van der Waals surface area contributed by atoms with Gasteiger partial charge in [0.25, 0.3) is 0 Å². The van der Waals surface area contributed by atoms with Crippen molar-refractivity contribution in [1.82, 2.24) is 15.0 Å². The minimum absolute atomic E-state index is 0.233. The maximum atomic E-state index is 6.08. The van der Waals surface area contributed by atoms with Crippen LogP contribution >= 0.6 is 0 Å². The molecule has 0 radical (unpaired) electrons. The Hall–Kier alpha value is -1.62. The number of aromatic amines is 1. The van der Waals surface area contributed by atoms with Crippen molar-refractivity contribution in [3.63, 3.8) is 0 Å². The second-order valence-electron chi connectivity index (χ2n) is 6.56. The molecular weight excluding hydrogens is 262 g/mol. The van der Waals surface area contributed by atoms with Crippen molar-refractivity contribution < 1.29 is 0 Å². The van der Waals surface area contributed by atoms with E-state index in [0.29, 0.717) is 0 Å². The topological polar surface area (TPSA) is 70.8 Å². The number of nitrogens with one attached hydrogen (secondary N) is 1. The van der Waals surface area contributed by atoms with Gasteiger partial charge in [0.1, 0.15) is 11.6 Å². The van der Waals surface area contributed by atoms with Gasteiger partial charge in [-0.2, -0.15) is 0 Å². The first kappa shape index (κ1) is 14.3. The zero-order valence-electron chi connectivity index (χ0n) is 13.0. The minimum Gasteiger partial charge on any atom is -0.363 e. The quantitative estimate of drug-likeness (QED) is 0.906. The third-order valence-corrected chi connectivity index (χ3v) is 4.73. The summed E-state index contributed by atoms with van der Waals surface area (Å²) in [6, 6.07) is 4.08. The molecule has 3 rings (SSSR count). The average Bonchev–Trinajstić information content (AvgIpc) is 2.89. The Kier molecular flexibility index (Phi) is 3.85. The van der Waals surface area contributed by atoms with E-state index in [9.17, 15) is 0 Å². The predicted molar refractivity (Wildman–Crippen MR) is 86.5 cm³/mol. The molecule has 1 aliphatic rings. The van der Waals surface area contributed by atoms with Gasteiger partial charge >= 0.3 is 0 Å². The van der Waals surface area contributed by atoms with Gasteiger partial charge in [-0.05, 0) is 36.9 Å². The number of aromatic nitrogens is 3. The van der Waals surface area contributed by atoms with Crippen LogP contribution in [0.4, 0.5) is 5.82 Å². The van der Waals surface area contributed by atoms with Crippen LogP contribution in [-0.2, 0) is 6.42 Å². The summed E-state index contributed by atoms with van der Waals surface area (Å²) in [7, 11) is 3.99. The van der Waals surface area contributed by atoms with E-state index in [2.05, 4.69) is 16.0 Å². The van der Waals surface area contributed by atoms with Crippen LogP contribution in [0.25, 0.3) is 11.2 Å². The van der Waals surface area contributed by atoms with E-state index < -0.39 is 0 Å². The highest BCUT2D eigenvalue weighted by atomic mass is 15.1. The Morgan fingerprint density at radius 2 is 1.95 bits per heavy atom. The molecule has 0 saturated heterocycles. The third-order valence-electron chi connectivity index (χ3n) is 4.73. The highest BCUT2D eigenvalue weighted by Gasteiger charge is 2.31. The van der Waals surface area contributed by atoms with E-state index >= 15 is 0 Å². The molecule has 5 heteroatoms. The number of fused-ring (bicyclic) bond motifs is 1. The number of anilines is 1. The Balaban J connectivity index is 1.86. The zero-order valence-corrected chi connectivity index (χ0v) is 13.0. The maximum Gasteiger partial charge on any atom is 0.179 e. The molecule has 1 saturated carbocycles. The summed E-state index contributed by atoms with van der Waals surface area (Å²) in [5.74, 6) is 1.97. The first-order valence-electron chi connectivity index (χ1n) is 7.85. The Morgan fingerprint density at radius 1 is 1.19 bits per heavy atom. The van der Waals surface area contributed by atoms with Crippen molar-refractivity contribution >= 4 is 17.0 Å². The van der Waals surface area contributed by atoms with Crippen LogP contribution in [0.1, 0.15) is 37.9 Å². The predicted octanol–water partition coefficient (Wildman–Crippen LogP) is 2.48. The molecule has 0 atom stereocenters. The summed E-state index contributed by atoms with van der Waals surface area (Å²) < 4.78 is 0. The van der Waals surface area contributed by atoms with Crippen LogP contribution in [0.15, 0.2) is 12.1 Å². The van der Waals surface area contributed by atoms with E-state index in [1.165, 1.54) is 32.1 Å². The van der Waals surface area contributed by atoms with Gasteiger partial charge in [-0.1, -0.05) is 19.3 Å². The Labute approximate surface area is 126 Å². The highest BCUT2D eigenvalue weighted by molar-refractivity contribution is 5.73. The lowest BCUT2D eigenvalue weighted by atomic mass is 9.72. The number of hydrogen-bond donors (Lipinski definition) is 2. The summed E-state index contributed by atoms with van der Waals surface area (Å²) in [5, 5.41) is 0. The van der Waals surface area contributed by atoms with Crippen molar-refractivity contribution in [3.05, 3.63) is 18.0 Å². The Morgan fingerprint density at radius 3 is 2.62 bits per heavy atom. The summed E-state index contributed by atoms with van der Waals surface area (Å²) >= 11 is 0. The van der Waals surface area contributed by atoms with Crippen LogP contribution < -0.4 is 10.6 Å². The molecule has 0 aromatic carbocycles. The molecule has 3 N–H and O–H groups in total. The standard InChI is InChI=1S/C16H25N5/c1-21(2)14-7-6-12-15(20-14)19-13(18-12)10-16(11-17)8-4-3-5-9-16/h6-7H,3-5,8-11,17H2,1-2H3,(H,18,19,20). The summed E-state index contributed by atoms with van der Waals surface area (Å²) in [6.45, 7) is 0.750. The number of nitrogens with two attached hydrogens (primary N) is 1. The van der Waals surface area contributed by atoms with Gasteiger partial charge in [-0.25, -0.2) is 9.97 Å². The van der Waals surface area contributed by atoms with E-state index in [4.69, 9.17) is 10.7 Å². The number of rotatable bonds is 4. The van der Waals surface area contributed by atoms with Crippen molar-refractivity contribution in [2.45, 2.75) is 38.5 Å². The minimum atomic E-state index is 0.233. The molecule has 21 heavy (non-hydrogen) atoms. The largest absolute Gasteiger partial charge is 0.363 e. The van der Waals surface area contributed by atoms with Crippen LogP contribution in [0.5, 0.6) is 0 Å². The first-order chi connectivity index (χ1) is 10.1. The molecule has 0 amide bonds. The number of pyridine rings is 1. The lowest BCUT2D eigenvalue weighted by Gasteiger charge is -2.35. The molecule has 2 aromatic heterocycles. The van der Waals surface area contributed by atoms with Gasteiger partial charge in [0.15, 0.2) is 5.65 Å². The fourth-order valence-electron chi connectivity index (χ4n) is 3.38. The van der Waals surface area contributed by atoms with Crippen LogP contribution in [-0.4, -0.2) is 35.6 Å². The Bertz CT molecular complexity index is 610. The van der Waals surface area contributed by atoms with Crippen LogP contribution in [0.3, 0.4) is 0 Å². The first-order valence-corrected chi connectivity index (χ1v) is 7.85. The van der Waals surface area contributed by atoms with Crippen molar-refractivity contribution in [3.8, 4) is 0 Å². The van der Waals surface area contributed by atoms with E-state index in [0.717, 1.165) is 35.8 Å². The molecule has 0 spiro atoms. The van der Waals surface area contributed by atoms with Gasteiger partial charge < -0.3 is 15.6 Å². The number of hydrogen-bond acceptors (Lipinski definition) is 4. The second-order valence-corrected chi connectivity index (χ2v) is 6.56. The van der Waals surface area contributed by atoms with E-state index in [1.807, 2.05) is 25.1 Å². The maximum absolute atomic E-state index is 6.08. The third kappa shape index (κ3) is 2.88. The van der Waals surface area contributed by atoms with Crippen molar-refractivity contribution in [2.75, 3.05) is 25.5 Å². The molecule has 2 aromatic rings. The fraction of sp³-hybridized carbons (Fsp3) is 0.625. The average molecular weight is 287 g/mol. The highest BCUT2D eigenvalue weighted by Crippen LogP contribution is 2.38. The molecule has 1 fully saturated rings. The van der Waals surface area contributed by atoms with Crippen LogP contribution in [0, 0.1) is 5.41 Å². The molecule has 0 aliphatic heterocycles. The summed E-state index contributed by atoms with van der Waals surface area (Å²) in [6.07, 6.45) is 7.31. The number of imidazole rings is 1.